The average molecular weight is 384 g/mol. The first-order chi connectivity index (χ1) is 11.5. The van der Waals surface area contributed by atoms with E-state index in [9.17, 15) is 8.42 Å². The van der Waals surface area contributed by atoms with Crippen molar-refractivity contribution in [3.05, 3.63) is 41.0 Å². The van der Waals surface area contributed by atoms with E-state index in [-0.39, 0.29) is 16.8 Å². The Bertz CT molecular complexity index is 1010. The van der Waals surface area contributed by atoms with Crippen LogP contribution in [0.15, 0.2) is 40.9 Å². The predicted octanol–water partition coefficient (Wildman–Crippen LogP) is 1.98. The van der Waals surface area contributed by atoms with Crippen LogP contribution >= 0.6 is 22.9 Å². The van der Waals surface area contributed by atoms with E-state index in [4.69, 9.17) is 17.3 Å². The number of para-hydroxylation sites is 2. The van der Waals surface area contributed by atoms with Gasteiger partial charge in [-0.1, -0.05) is 23.7 Å². The molecule has 0 saturated carbocycles. The standard InChI is InChI=1S/C14H14ClN5O2S2/c15-12-13(19-7-8-23-14(19)17-12)24(21,22)20-9-18(6-5-16)10-3-1-2-4-11(10)20/h1-4,7-8H,5-6,9,16H2. The number of fused-ring (bicyclic) bond motifs is 2. The van der Waals surface area contributed by atoms with E-state index in [0.29, 0.717) is 23.7 Å². The number of imidazole rings is 1. The molecule has 3 heterocycles. The highest BCUT2D eigenvalue weighted by Crippen LogP contribution is 2.40. The topological polar surface area (TPSA) is 83.9 Å². The molecule has 1 aromatic carbocycles. The Morgan fingerprint density at radius 1 is 1.29 bits per heavy atom. The van der Waals surface area contributed by atoms with Crippen molar-refractivity contribution in [1.82, 2.24) is 9.38 Å². The van der Waals surface area contributed by atoms with Crippen LogP contribution in [0.3, 0.4) is 0 Å². The minimum absolute atomic E-state index is 0.00943. The van der Waals surface area contributed by atoms with E-state index >= 15 is 0 Å². The Balaban J connectivity index is 1.86. The summed E-state index contributed by atoms with van der Waals surface area (Å²) >= 11 is 7.46. The van der Waals surface area contributed by atoms with E-state index in [1.54, 1.807) is 17.6 Å². The summed E-state index contributed by atoms with van der Waals surface area (Å²) in [6, 6.07) is 7.36. The van der Waals surface area contributed by atoms with Crippen molar-refractivity contribution in [3.63, 3.8) is 0 Å². The van der Waals surface area contributed by atoms with Crippen molar-refractivity contribution < 1.29 is 8.42 Å². The number of hydrogen-bond acceptors (Lipinski definition) is 6. The maximum absolute atomic E-state index is 13.3. The van der Waals surface area contributed by atoms with Crippen LogP contribution in [0.25, 0.3) is 4.96 Å². The number of rotatable bonds is 4. The molecule has 0 aliphatic carbocycles. The Labute approximate surface area is 147 Å². The first-order valence-electron chi connectivity index (χ1n) is 7.22. The van der Waals surface area contributed by atoms with E-state index in [2.05, 4.69) is 4.98 Å². The lowest BCUT2D eigenvalue weighted by atomic mass is 10.2. The maximum atomic E-state index is 13.3. The SMILES string of the molecule is NCCN1CN(S(=O)(=O)c2c(Cl)nc3sccn23)c2ccccc21. The maximum Gasteiger partial charge on any atom is 0.285 e. The van der Waals surface area contributed by atoms with E-state index in [0.717, 1.165) is 5.69 Å². The smallest absolute Gasteiger partial charge is 0.285 e. The summed E-state index contributed by atoms with van der Waals surface area (Å²) in [6.07, 6.45) is 1.66. The van der Waals surface area contributed by atoms with Crippen LogP contribution in [-0.2, 0) is 10.0 Å². The van der Waals surface area contributed by atoms with Gasteiger partial charge in [-0.25, -0.2) is 9.29 Å². The van der Waals surface area contributed by atoms with Gasteiger partial charge in [-0.05, 0) is 12.1 Å². The van der Waals surface area contributed by atoms with Crippen LogP contribution in [-0.4, -0.2) is 37.6 Å². The molecule has 0 bridgehead atoms. The van der Waals surface area contributed by atoms with Crippen molar-refractivity contribution in [2.75, 3.05) is 29.0 Å². The fourth-order valence-electron chi connectivity index (χ4n) is 2.88. The number of nitrogens with zero attached hydrogens (tertiary/aromatic N) is 4. The molecular weight excluding hydrogens is 370 g/mol. The third-order valence-electron chi connectivity index (χ3n) is 3.90. The molecule has 2 aromatic heterocycles. The Kier molecular flexibility index (Phi) is 3.68. The van der Waals surface area contributed by atoms with E-state index < -0.39 is 10.0 Å². The minimum atomic E-state index is -3.86. The molecule has 0 radical (unpaired) electrons. The van der Waals surface area contributed by atoms with Gasteiger partial charge in [-0.15, -0.1) is 11.3 Å². The van der Waals surface area contributed by atoms with Crippen LogP contribution in [0.1, 0.15) is 0 Å². The number of sulfonamides is 1. The molecule has 0 amide bonds. The lowest BCUT2D eigenvalue weighted by Crippen LogP contribution is -2.38. The van der Waals surface area contributed by atoms with Gasteiger partial charge in [0.15, 0.2) is 15.1 Å². The minimum Gasteiger partial charge on any atom is -0.350 e. The zero-order chi connectivity index (χ0) is 16.9. The molecule has 126 valence electrons. The van der Waals surface area contributed by atoms with Crippen LogP contribution in [0.5, 0.6) is 0 Å². The molecular formula is C14H14ClN5O2S2. The van der Waals surface area contributed by atoms with Crippen LogP contribution in [0, 0.1) is 0 Å². The average Bonchev–Trinajstić information content (AvgIpc) is 3.20. The quantitative estimate of drug-likeness (QED) is 0.744. The van der Waals surface area contributed by atoms with Crippen LogP contribution in [0.4, 0.5) is 11.4 Å². The molecule has 7 nitrogen and oxygen atoms in total. The highest BCUT2D eigenvalue weighted by atomic mass is 35.5. The molecule has 0 saturated heterocycles. The van der Waals surface area contributed by atoms with Gasteiger partial charge in [-0.2, -0.15) is 8.42 Å². The highest BCUT2D eigenvalue weighted by Gasteiger charge is 2.38. The summed E-state index contributed by atoms with van der Waals surface area (Å²) in [7, 11) is -3.86. The number of hydrogen-bond donors (Lipinski definition) is 1. The van der Waals surface area contributed by atoms with Crippen molar-refractivity contribution in [2.45, 2.75) is 5.03 Å². The van der Waals surface area contributed by atoms with Crippen molar-refractivity contribution in [1.29, 1.82) is 0 Å². The Hall–Kier alpha value is -1.81. The Morgan fingerprint density at radius 3 is 2.79 bits per heavy atom. The zero-order valence-corrected chi connectivity index (χ0v) is 14.9. The summed E-state index contributed by atoms with van der Waals surface area (Å²) in [5.74, 6) is 0. The van der Waals surface area contributed by atoms with Crippen molar-refractivity contribution >= 4 is 49.3 Å². The van der Waals surface area contributed by atoms with E-state index in [1.165, 1.54) is 20.0 Å². The number of halogens is 1. The molecule has 1 aliphatic rings. The summed E-state index contributed by atoms with van der Waals surface area (Å²) in [5, 5.41) is 1.75. The molecule has 1 aliphatic heterocycles. The number of benzene rings is 1. The normalized spacial score (nSPS) is 14.6. The third-order valence-corrected chi connectivity index (χ3v) is 6.81. The van der Waals surface area contributed by atoms with Gasteiger partial charge in [0.25, 0.3) is 10.0 Å². The molecule has 0 spiro atoms. The van der Waals surface area contributed by atoms with Gasteiger partial charge >= 0.3 is 0 Å². The van der Waals surface area contributed by atoms with Gasteiger partial charge in [-0.3, -0.25) is 4.40 Å². The second kappa shape index (κ2) is 5.62. The zero-order valence-electron chi connectivity index (χ0n) is 12.5. The van der Waals surface area contributed by atoms with Gasteiger partial charge in [0.05, 0.1) is 11.4 Å². The lowest BCUT2D eigenvalue weighted by Gasteiger charge is -2.20. The fraction of sp³-hybridized carbons (Fsp3) is 0.214. The van der Waals surface area contributed by atoms with Gasteiger partial charge in [0, 0.05) is 24.7 Å². The summed E-state index contributed by atoms with van der Waals surface area (Å²) < 4.78 is 29.4. The second-order valence-electron chi connectivity index (χ2n) is 5.30. The second-order valence-corrected chi connectivity index (χ2v) is 8.31. The van der Waals surface area contributed by atoms with Crippen molar-refractivity contribution in [3.8, 4) is 0 Å². The molecule has 3 aromatic rings. The van der Waals surface area contributed by atoms with E-state index in [1.807, 2.05) is 23.1 Å². The first kappa shape index (κ1) is 15.7. The number of aromatic nitrogens is 2. The summed E-state index contributed by atoms with van der Waals surface area (Å²) in [6.45, 7) is 1.20. The monoisotopic (exact) mass is 383 g/mol. The van der Waals surface area contributed by atoms with Crippen molar-refractivity contribution in [2.24, 2.45) is 5.73 Å². The fourth-order valence-corrected chi connectivity index (χ4v) is 5.73. The number of nitrogens with two attached hydrogens (primary N) is 1. The van der Waals surface area contributed by atoms with Gasteiger partial charge in [0.1, 0.15) is 6.67 Å². The lowest BCUT2D eigenvalue weighted by molar-refractivity contribution is 0.586. The molecule has 0 fully saturated rings. The molecule has 0 unspecified atom stereocenters. The first-order valence-corrected chi connectivity index (χ1v) is 9.91. The molecule has 0 atom stereocenters. The molecule has 4 rings (SSSR count). The highest BCUT2D eigenvalue weighted by molar-refractivity contribution is 7.92. The van der Waals surface area contributed by atoms with Gasteiger partial charge < -0.3 is 10.6 Å². The van der Waals surface area contributed by atoms with Crippen LogP contribution in [0.2, 0.25) is 5.15 Å². The Morgan fingerprint density at radius 2 is 2.04 bits per heavy atom. The number of anilines is 2. The van der Waals surface area contributed by atoms with Crippen LogP contribution < -0.4 is 14.9 Å². The molecule has 24 heavy (non-hydrogen) atoms. The third kappa shape index (κ3) is 2.20. The summed E-state index contributed by atoms with van der Waals surface area (Å²) in [5.41, 5.74) is 7.11. The molecule has 2 N–H and O–H groups in total. The summed E-state index contributed by atoms with van der Waals surface area (Å²) in [4.78, 5) is 6.61. The molecule has 10 heteroatoms. The predicted molar refractivity (Wildman–Crippen MR) is 95.5 cm³/mol. The number of thiazole rings is 1. The van der Waals surface area contributed by atoms with Gasteiger partial charge in [0.2, 0.25) is 0 Å². The largest absolute Gasteiger partial charge is 0.350 e.